The lowest BCUT2D eigenvalue weighted by Gasteiger charge is -2.06. The van der Waals surface area contributed by atoms with Gasteiger partial charge in [-0.15, -0.1) is 0 Å². The molecule has 0 amide bonds. The molecule has 3 nitrogen and oxygen atoms in total. The molecule has 2 rings (SSSR count). The van der Waals surface area contributed by atoms with Crippen LogP contribution in [0.3, 0.4) is 0 Å². The van der Waals surface area contributed by atoms with E-state index in [1.54, 1.807) is 12.1 Å². The Morgan fingerprint density at radius 2 is 1.88 bits per heavy atom. The van der Waals surface area contributed by atoms with E-state index in [0.29, 0.717) is 22.4 Å². The van der Waals surface area contributed by atoms with Gasteiger partial charge in [0, 0.05) is 11.3 Å². The molecule has 1 heterocycles. The standard InChI is InChI=1S/C12H11Cl2N3/c1-7-4-11(17-12(6-15)16-7)8-2-3-9(13)10(14)5-8/h2-5H,6,15H2,1H3. The van der Waals surface area contributed by atoms with Crippen molar-refractivity contribution in [3.63, 3.8) is 0 Å². The highest BCUT2D eigenvalue weighted by atomic mass is 35.5. The number of aromatic nitrogens is 2. The molecule has 1 aromatic heterocycles. The molecule has 0 aliphatic heterocycles. The third-order valence-corrected chi connectivity index (χ3v) is 3.04. The second kappa shape index (κ2) is 5.00. The van der Waals surface area contributed by atoms with E-state index < -0.39 is 0 Å². The number of rotatable bonds is 2. The first kappa shape index (κ1) is 12.3. The summed E-state index contributed by atoms with van der Waals surface area (Å²) in [4.78, 5) is 8.58. The average Bonchev–Trinajstić information content (AvgIpc) is 2.32. The van der Waals surface area contributed by atoms with Crippen molar-refractivity contribution in [1.29, 1.82) is 0 Å². The topological polar surface area (TPSA) is 51.8 Å². The molecular weight excluding hydrogens is 257 g/mol. The second-order valence-corrected chi connectivity index (χ2v) is 4.46. The van der Waals surface area contributed by atoms with E-state index in [1.165, 1.54) is 0 Å². The van der Waals surface area contributed by atoms with Crippen molar-refractivity contribution in [2.75, 3.05) is 0 Å². The van der Waals surface area contributed by atoms with Crippen molar-refractivity contribution in [3.8, 4) is 11.3 Å². The zero-order valence-electron chi connectivity index (χ0n) is 9.24. The van der Waals surface area contributed by atoms with Crippen LogP contribution in [0.5, 0.6) is 0 Å². The fourth-order valence-electron chi connectivity index (χ4n) is 1.52. The quantitative estimate of drug-likeness (QED) is 0.909. The van der Waals surface area contributed by atoms with E-state index in [1.807, 2.05) is 19.1 Å². The predicted molar refractivity (Wildman–Crippen MR) is 70.1 cm³/mol. The van der Waals surface area contributed by atoms with E-state index in [-0.39, 0.29) is 0 Å². The van der Waals surface area contributed by atoms with Gasteiger partial charge < -0.3 is 5.73 Å². The highest BCUT2D eigenvalue weighted by Crippen LogP contribution is 2.27. The molecule has 0 atom stereocenters. The summed E-state index contributed by atoms with van der Waals surface area (Å²) in [5.41, 5.74) is 8.13. The Balaban J connectivity index is 2.52. The molecule has 0 unspecified atom stereocenters. The summed E-state index contributed by atoms with van der Waals surface area (Å²) in [5.74, 6) is 0.617. The van der Waals surface area contributed by atoms with Crippen molar-refractivity contribution in [2.45, 2.75) is 13.5 Å². The highest BCUT2D eigenvalue weighted by molar-refractivity contribution is 6.42. The molecule has 0 fully saturated rings. The fraction of sp³-hybridized carbons (Fsp3) is 0.167. The molecule has 2 N–H and O–H groups in total. The number of benzene rings is 1. The van der Waals surface area contributed by atoms with E-state index in [4.69, 9.17) is 28.9 Å². The number of halogens is 2. The van der Waals surface area contributed by atoms with E-state index in [0.717, 1.165) is 17.0 Å². The van der Waals surface area contributed by atoms with Crippen molar-refractivity contribution < 1.29 is 0 Å². The maximum atomic E-state index is 5.98. The van der Waals surface area contributed by atoms with Crippen LogP contribution in [0.25, 0.3) is 11.3 Å². The number of hydrogen-bond donors (Lipinski definition) is 1. The van der Waals surface area contributed by atoms with Crippen molar-refractivity contribution in [1.82, 2.24) is 9.97 Å². The van der Waals surface area contributed by atoms with Crippen LogP contribution in [0.15, 0.2) is 24.3 Å². The van der Waals surface area contributed by atoms with Gasteiger partial charge in [0.1, 0.15) is 5.82 Å². The lowest BCUT2D eigenvalue weighted by molar-refractivity contribution is 0.894. The molecule has 0 saturated carbocycles. The fourth-order valence-corrected chi connectivity index (χ4v) is 1.82. The lowest BCUT2D eigenvalue weighted by Crippen LogP contribution is -2.05. The Hall–Kier alpha value is -1.16. The number of hydrogen-bond acceptors (Lipinski definition) is 3. The number of nitrogens with zero attached hydrogens (tertiary/aromatic N) is 2. The van der Waals surface area contributed by atoms with Crippen LogP contribution in [-0.2, 0) is 6.54 Å². The lowest BCUT2D eigenvalue weighted by atomic mass is 10.1. The third-order valence-electron chi connectivity index (χ3n) is 2.30. The molecule has 2 aromatic rings. The largest absolute Gasteiger partial charge is 0.324 e. The first-order valence-corrected chi connectivity index (χ1v) is 5.86. The maximum absolute atomic E-state index is 5.98. The van der Waals surface area contributed by atoms with Gasteiger partial charge in [-0.3, -0.25) is 0 Å². The maximum Gasteiger partial charge on any atom is 0.142 e. The van der Waals surface area contributed by atoms with Crippen LogP contribution in [0.2, 0.25) is 10.0 Å². The van der Waals surface area contributed by atoms with Crippen LogP contribution in [0.1, 0.15) is 11.5 Å². The van der Waals surface area contributed by atoms with Crippen LogP contribution in [-0.4, -0.2) is 9.97 Å². The molecule has 88 valence electrons. The average molecular weight is 268 g/mol. The van der Waals surface area contributed by atoms with Gasteiger partial charge in [0.15, 0.2) is 0 Å². The molecule has 17 heavy (non-hydrogen) atoms. The Labute approximate surface area is 110 Å². The van der Waals surface area contributed by atoms with Gasteiger partial charge in [-0.1, -0.05) is 29.3 Å². The Morgan fingerprint density at radius 3 is 2.53 bits per heavy atom. The van der Waals surface area contributed by atoms with Crippen molar-refractivity contribution in [3.05, 3.63) is 45.8 Å². The van der Waals surface area contributed by atoms with Crippen molar-refractivity contribution in [2.24, 2.45) is 5.73 Å². The molecule has 0 saturated heterocycles. The third kappa shape index (κ3) is 2.75. The Bertz CT molecular complexity index is 555. The second-order valence-electron chi connectivity index (χ2n) is 3.64. The number of aryl methyl sites for hydroxylation is 1. The van der Waals surface area contributed by atoms with Crippen molar-refractivity contribution >= 4 is 23.2 Å². The zero-order chi connectivity index (χ0) is 12.4. The molecule has 0 bridgehead atoms. The first-order valence-electron chi connectivity index (χ1n) is 5.10. The molecular formula is C12H11Cl2N3. The molecule has 0 aliphatic rings. The van der Waals surface area contributed by atoms with Gasteiger partial charge in [0.2, 0.25) is 0 Å². The summed E-state index contributed by atoms with van der Waals surface area (Å²) >= 11 is 11.9. The van der Waals surface area contributed by atoms with E-state index >= 15 is 0 Å². The summed E-state index contributed by atoms with van der Waals surface area (Å²) in [7, 11) is 0. The SMILES string of the molecule is Cc1cc(-c2ccc(Cl)c(Cl)c2)nc(CN)n1. The van der Waals surface area contributed by atoms with Gasteiger partial charge in [-0.05, 0) is 25.1 Å². The van der Waals surface area contributed by atoms with Crippen LogP contribution >= 0.6 is 23.2 Å². The Morgan fingerprint density at radius 1 is 1.12 bits per heavy atom. The van der Waals surface area contributed by atoms with E-state index in [2.05, 4.69) is 9.97 Å². The molecule has 5 heteroatoms. The Kier molecular flexibility index (Phi) is 3.62. The summed E-state index contributed by atoms with van der Waals surface area (Å²) in [6, 6.07) is 7.29. The summed E-state index contributed by atoms with van der Waals surface area (Å²) in [6.45, 7) is 2.22. The monoisotopic (exact) mass is 267 g/mol. The summed E-state index contributed by atoms with van der Waals surface area (Å²) in [5, 5.41) is 1.04. The molecule has 0 spiro atoms. The van der Waals surface area contributed by atoms with Gasteiger partial charge in [0.05, 0.1) is 22.3 Å². The highest BCUT2D eigenvalue weighted by Gasteiger charge is 2.06. The normalized spacial score (nSPS) is 10.6. The van der Waals surface area contributed by atoms with Crippen LogP contribution < -0.4 is 5.73 Å². The van der Waals surface area contributed by atoms with E-state index in [9.17, 15) is 0 Å². The minimum absolute atomic E-state index is 0.315. The minimum atomic E-state index is 0.315. The smallest absolute Gasteiger partial charge is 0.142 e. The predicted octanol–water partition coefficient (Wildman–Crippen LogP) is 3.22. The van der Waals surface area contributed by atoms with Crippen LogP contribution in [0.4, 0.5) is 0 Å². The minimum Gasteiger partial charge on any atom is -0.324 e. The molecule has 0 aliphatic carbocycles. The van der Waals surface area contributed by atoms with Gasteiger partial charge in [-0.25, -0.2) is 9.97 Å². The number of nitrogens with two attached hydrogens (primary N) is 1. The summed E-state index contributed by atoms with van der Waals surface area (Å²) < 4.78 is 0. The van der Waals surface area contributed by atoms with Crippen LogP contribution in [0, 0.1) is 6.92 Å². The first-order chi connectivity index (χ1) is 8.10. The summed E-state index contributed by atoms with van der Waals surface area (Å²) in [6.07, 6.45) is 0. The van der Waals surface area contributed by atoms with Gasteiger partial charge in [-0.2, -0.15) is 0 Å². The van der Waals surface area contributed by atoms with Gasteiger partial charge in [0.25, 0.3) is 0 Å². The molecule has 1 aromatic carbocycles. The zero-order valence-corrected chi connectivity index (χ0v) is 10.8. The molecule has 0 radical (unpaired) electrons. The van der Waals surface area contributed by atoms with Gasteiger partial charge >= 0.3 is 0 Å².